The molecule has 37 heavy (non-hydrogen) atoms. The number of rotatable bonds is 10. The van der Waals surface area contributed by atoms with Gasteiger partial charge < -0.3 is 10.6 Å². The molecular weight excluding hydrogens is 505 g/mol. The molecule has 0 spiro atoms. The highest BCUT2D eigenvalue weighted by molar-refractivity contribution is 7.90. The van der Waals surface area contributed by atoms with Gasteiger partial charge in [0.25, 0.3) is 0 Å². The van der Waals surface area contributed by atoms with E-state index in [1.54, 1.807) is 66.7 Å². The highest BCUT2D eigenvalue weighted by Crippen LogP contribution is 2.22. The minimum absolute atomic E-state index is 0.0424. The third-order valence-electron chi connectivity index (χ3n) is 5.58. The summed E-state index contributed by atoms with van der Waals surface area (Å²) in [6, 6.07) is 19.4. The van der Waals surface area contributed by atoms with Crippen LogP contribution >= 0.6 is 0 Å². The van der Waals surface area contributed by atoms with E-state index in [1.807, 2.05) is 6.92 Å². The van der Waals surface area contributed by atoms with Crippen LogP contribution in [0.15, 0.2) is 83.8 Å². The van der Waals surface area contributed by atoms with Crippen LogP contribution in [0.4, 0.5) is 23.7 Å². The van der Waals surface area contributed by atoms with E-state index in [1.165, 1.54) is 12.1 Å². The first-order valence-corrected chi connectivity index (χ1v) is 13.2. The van der Waals surface area contributed by atoms with Gasteiger partial charge in [-0.3, -0.25) is 4.79 Å². The van der Waals surface area contributed by atoms with Gasteiger partial charge in [0.1, 0.15) is 0 Å². The molecule has 0 radical (unpaired) electrons. The highest BCUT2D eigenvalue weighted by Gasteiger charge is 2.30. The zero-order chi connectivity index (χ0) is 27.1. The van der Waals surface area contributed by atoms with Gasteiger partial charge in [-0.2, -0.15) is 13.2 Å². The Morgan fingerprint density at radius 1 is 0.865 bits per heavy atom. The summed E-state index contributed by atoms with van der Waals surface area (Å²) in [6.45, 7) is 1.86. The number of sulfone groups is 1. The fourth-order valence-corrected chi connectivity index (χ4v) is 4.94. The largest absolute Gasteiger partial charge is 0.389 e. The van der Waals surface area contributed by atoms with E-state index in [-0.39, 0.29) is 17.1 Å². The minimum Gasteiger partial charge on any atom is -0.328 e. The second-order valence-electron chi connectivity index (χ2n) is 8.69. The lowest BCUT2D eigenvalue weighted by atomic mass is 9.99. The second kappa shape index (κ2) is 12.1. The second-order valence-corrected chi connectivity index (χ2v) is 10.7. The van der Waals surface area contributed by atoms with Crippen molar-refractivity contribution in [2.24, 2.45) is 0 Å². The molecule has 0 fully saturated rings. The summed E-state index contributed by atoms with van der Waals surface area (Å²) >= 11 is 0. The molecule has 3 aromatic rings. The van der Waals surface area contributed by atoms with Crippen LogP contribution in [0.3, 0.4) is 0 Å². The minimum atomic E-state index is -4.48. The van der Waals surface area contributed by atoms with Gasteiger partial charge in [-0.1, -0.05) is 60.2 Å². The lowest BCUT2D eigenvalue weighted by molar-refractivity contribution is -0.143. The number of Topliss-reactive ketones (excluding diaryl/α,β-unsaturated/α-hetero) is 1. The first kappa shape index (κ1) is 27.9. The summed E-state index contributed by atoms with van der Waals surface area (Å²) in [7, 11) is -3.55. The molecular formula is C27H27F3N2O4S. The first-order chi connectivity index (χ1) is 17.4. The molecule has 0 heterocycles. The number of urea groups is 1. The van der Waals surface area contributed by atoms with Crippen LogP contribution in [-0.4, -0.2) is 32.5 Å². The van der Waals surface area contributed by atoms with Crippen LogP contribution in [0.1, 0.15) is 29.5 Å². The predicted molar refractivity (Wildman–Crippen MR) is 135 cm³/mol. The van der Waals surface area contributed by atoms with Gasteiger partial charge in [0.05, 0.1) is 23.1 Å². The Morgan fingerprint density at radius 2 is 1.49 bits per heavy atom. The number of carbonyl (C=O) groups excluding carboxylic acids is 2. The van der Waals surface area contributed by atoms with Crippen LogP contribution in [0.5, 0.6) is 0 Å². The van der Waals surface area contributed by atoms with Crippen molar-refractivity contribution in [3.63, 3.8) is 0 Å². The summed E-state index contributed by atoms with van der Waals surface area (Å²) in [4.78, 5) is 25.3. The van der Waals surface area contributed by atoms with Crippen LogP contribution in [0.2, 0.25) is 0 Å². The van der Waals surface area contributed by atoms with Crippen molar-refractivity contribution in [2.75, 3.05) is 5.32 Å². The molecule has 196 valence electrons. The van der Waals surface area contributed by atoms with Gasteiger partial charge in [-0.05, 0) is 48.7 Å². The number of amides is 2. The van der Waals surface area contributed by atoms with Crippen LogP contribution in [0, 0.1) is 6.92 Å². The molecule has 0 aromatic heterocycles. The van der Waals surface area contributed by atoms with Crippen molar-refractivity contribution in [3.05, 3.63) is 95.6 Å². The molecule has 3 rings (SSSR count). The van der Waals surface area contributed by atoms with Gasteiger partial charge in [0.15, 0.2) is 15.6 Å². The smallest absolute Gasteiger partial charge is 0.328 e. The molecule has 10 heteroatoms. The molecule has 0 aliphatic rings. The van der Waals surface area contributed by atoms with Gasteiger partial charge >= 0.3 is 12.2 Å². The molecule has 2 N–H and O–H groups in total. The monoisotopic (exact) mass is 532 g/mol. The Bertz CT molecular complexity index is 1310. The molecule has 0 aliphatic carbocycles. The van der Waals surface area contributed by atoms with Gasteiger partial charge in [-0.15, -0.1) is 0 Å². The number of carbonyl (C=O) groups is 2. The van der Waals surface area contributed by atoms with Crippen LogP contribution < -0.4 is 10.6 Å². The van der Waals surface area contributed by atoms with E-state index in [9.17, 15) is 31.2 Å². The van der Waals surface area contributed by atoms with E-state index in [2.05, 4.69) is 10.6 Å². The Morgan fingerprint density at radius 3 is 2.08 bits per heavy atom. The number of benzene rings is 3. The predicted octanol–water partition coefficient (Wildman–Crippen LogP) is 5.61. The Hall–Kier alpha value is -3.66. The molecule has 0 unspecified atom stereocenters. The molecule has 0 bridgehead atoms. The van der Waals surface area contributed by atoms with Crippen molar-refractivity contribution in [1.29, 1.82) is 0 Å². The third-order valence-corrected chi connectivity index (χ3v) is 7.28. The number of anilines is 1. The zero-order valence-corrected chi connectivity index (χ0v) is 20.9. The molecule has 0 aliphatic heterocycles. The van der Waals surface area contributed by atoms with Crippen molar-refractivity contribution in [3.8, 4) is 0 Å². The maximum Gasteiger partial charge on any atom is 0.389 e. The van der Waals surface area contributed by atoms with Gasteiger partial charge in [0, 0.05) is 12.1 Å². The summed E-state index contributed by atoms with van der Waals surface area (Å²) in [6.07, 6.45) is -6.45. The normalized spacial score (nSPS) is 12.5. The number of nitrogens with one attached hydrogen (secondary N) is 2. The van der Waals surface area contributed by atoms with Crippen LogP contribution in [0.25, 0.3) is 0 Å². The van der Waals surface area contributed by atoms with E-state index in [0.717, 1.165) is 5.56 Å². The van der Waals surface area contributed by atoms with E-state index in [0.29, 0.717) is 16.8 Å². The summed E-state index contributed by atoms with van der Waals surface area (Å²) in [5.74, 6) is -0.956. The number of alkyl halides is 3. The Labute approximate surface area is 213 Å². The van der Waals surface area contributed by atoms with Crippen molar-refractivity contribution >= 4 is 27.3 Å². The van der Waals surface area contributed by atoms with E-state index in [4.69, 9.17) is 0 Å². The Balaban J connectivity index is 1.63. The number of aryl methyl sites for hydroxylation is 1. The maximum absolute atomic E-state index is 12.6. The lowest BCUT2D eigenvalue weighted by Crippen LogP contribution is -2.44. The average Bonchev–Trinajstić information content (AvgIpc) is 2.83. The number of halogens is 3. The van der Waals surface area contributed by atoms with E-state index < -0.39 is 46.7 Å². The quantitative estimate of drug-likeness (QED) is 0.355. The number of hydrogen-bond acceptors (Lipinski definition) is 4. The standard InChI is InChI=1S/C27H27F3N2O4S/c1-19-7-13-23(14-8-19)37(35,36)18-21-9-11-22(12-10-21)31-26(34)32-24(17-20-5-3-2-4-6-20)25(33)15-16-27(28,29)30/h2-14,24H,15-18H2,1H3,(H2,31,32,34)/t24-/m1/s1. The van der Waals surface area contributed by atoms with Gasteiger partial charge in [0.2, 0.25) is 0 Å². The fourth-order valence-electron chi connectivity index (χ4n) is 3.59. The molecule has 3 aromatic carbocycles. The van der Waals surface area contributed by atoms with Crippen molar-refractivity contribution in [1.82, 2.24) is 5.32 Å². The van der Waals surface area contributed by atoms with E-state index >= 15 is 0 Å². The lowest BCUT2D eigenvalue weighted by Gasteiger charge is -2.19. The number of ketones is 1. The van der Waals surface area contributed by atoms with Crippen LogP contribution in [-0.2, 0) is 26.8 Å². The fraction of sp³-hybridized carbons (Fsp3) is 0.259. The zero-order valence-electron chi connectivity index (χ0n) is 20.1. The molecule has 0 saturated carbocycles. The molecule has 2 amide bonds. The average molecular weight is 533 g/mol. The summed E-state index contributed by atoms with van der Waals surface area (Å²) < 4.78 is 63.1. The first-order valence-electron chi connectivity index (χ1n) is 11.5. The molecule has 1 atom stereocenters. The third kappa shape index (κ3) is 9.05. The SMILES string of the molecule is Cc1ccc(S(=O)(=O)Cc2ccc(NC(=O)N[C@H](Cc3ccccc3)C(=O)CCC(F)(F)F)cc2)cc1. The maximum atomic E-state index is 12.6. The van der Waals surface area contributed by atoms with Crippen molar-refractivity contribution < 1.29 is 31.2 Å². The summed E-state index contributed by atoms with van der Waals surface area (Å²) in [5.41, 5.74) is 2.47. The highest BCUT2D eigenvalue weighted by atomic mass is 32.2. The molecule has 0 saturated heterocycles. The van der Waals surface area contributed by atoms with Gasteiger partial charge in [-0.25, -0.2) is 13.2 Å². The number of hydrogen-bond donors (Lipinski definition) is 2. The Kier molecular flexibility index (Phi) is 9.09. The topological polar surface area (TPSA) is 92.3 Å². The summed E-state index contributed by atoms with van der Waals surface area (Å²) in [5, 5.41) is 5.01. The molecule has 6 nitrogen and oxygen atoms in total. The van der Waals surface area contributed by atoms with Crippen molar-refractivity contribution in [2.45, 2.75) is 49.1 Å².